The van der Waals surface area contributed by atoms with E-state index in [1.165, 1.54) is 0 Å². The molecule has 2 rings (SSSR count). The van der Waals surface area contributed by atoms with Crippen molar-refractivity contribution in [1.29, 1.82) is 0 Å². The Morgan fingerprint density at radius 1 is 1.08 bits per heavy atom. The summed E-state index contributed by atoms with van der Waals surface area (Å²) in [7, 11) is 3.40. The molecule has 0 aromatic heterocycles. The molecule has 26 heavy (non-hydrogen) atoms. The highest BCUT2D eigenvalue weighted by Crippen LogP contribution is 2.20. The Balaban J connectivity index is 1.90. The molecule has 5 heteroatoms. The van der Waals surface area contributed by atoms with E-state index in [2.05, 4.69) is 5.32 Å². The molecular weight excluding hydrogens is 328 g/mol. The van der Waals surface area contributed by atoms with E-state index in [0.717, 1.165) is 16.9 Å². The number of aryl methyl sites for hydroxylation is 1. The summed E-state index contributed by atoms with van der Waals surface area (Å²) >= 11 is 0. The number of rotatable bonds is 8. The molecule has 0 atom stereocenters. The van der Waals surface area contributed by atoms with Crippen molar-refractivity contribution in [2.24, 2.45) is 0 Å². The number of nitrogens with one attached hydrogen (secondary N) is 1. The highest BCUT2D eigenvalue weighted by atomic mass is 16.5. The fraction of sp³-hybridized carbons (Fsp3) is 0.333. The molecule has 2 aromatic carbocycles. The number of benzene rings is 2. The summed E-state index contributed by atoms with van der Waals surface area (Å²) in [5, 5.41) is 2.59. The number of carbonyl (C=O) groups is 2. The van der Waals surface area contributed by atoms with Crippen molar-refractivity contribution in [3.63, 3.8) is 0 Å². The molecule has 2 amide bonds. The quantitative estimate of drug-likeness (QED) is 0.793. The first kappa shape index (κ1) is 19.5. The van der Waals surface area contributed by atoms with Gasteiger partial charge in [-0.3, -0.25) is 9.59 Å². The SMILES string of the molecule is CCOc1ccccc1CCC(=O)N(C)Cc1ccc(C(=O)NC)cc1. The van der Waals surface area contributed by atoms with Crippen LogP contribution in [0.1, 0.15) is 34.8 Å². The maximum absolute atomic E-state index is 12.4. The van der Waals surface area contributed by atoms with Gasteiger partial charge >= 0.3 is 0 Å². The summed E-state index contributed by atoms with van der Waals surface area (Å²) in [5.74, 6) is 0.802. The first-order valence-corrected chi connectivity index (χ1v) is 8.80. The number of nitrogens with zero attached hydrogens (tertiary/aromatic N) is 1. The van der Waals surface area contributed by atoms with Crippen molar-refractivity contribution in [3.05, 3.63) is 65.2 Å². The van der Waals surface area contributed by atoms with Crippen LogP contribution < -0.4 is 10.1 Å². The lowest BCUT2D eigenvalue weighted by Crippen LogP contribution is -2.26. The number of para-hydroxylation sites is 1. The second-order valence-electron chi connectivity index (χ2n) is 6.07. The Labute approximate surface area is 155 Å². The maximum Gasteiger partial charge on any atom is 0.251 e. The van der Waals surface area contributed by atoms with Crippen LogP contribution in [-0.4, -0.2) is 37.4 Å². The van der Waals surface area contributed by atoms with Crippen molar-refractivity contribution in [3.8, 4) is 5.75 Å². The fourth-order valence-electron chi connectivity index (χ4n) is 2.71. The molecule has 0 saturated heterocycles. The lowest BCUT2D eigenvalue weighted by atomic mass is 10.1. The van der Waals surface area contributed by atoms with Gasteiger partial charge in [0.15, 0.2) is 0 Å². The fourth-order valence-corrected chi connectivity index (χ4v) is 2.71. The average molecular weight is 354 g/mol. The molecule has 0 heterocycles. The van der Waals surface area contributed by atoms with Gasteiger partial charge in [0.25, 0.3) is 5.91 Å². The van der Waals surface area contributed by atoms with Gasteiger partial charge in [-0.2, -0.15) is 0 Å². The highest BCUT2D eigenvalue weighted by Gasteiger charge is 2.12. The molecule has 0 radical (unpaired) electrons. The van der Waals surface area contributed by atoms with Crippen LogP contribution in [0.25, 0.3) is 0 Å². The summed E-state index contributed by atoms with van der Waals surface area (Å²) in [6.45, 7) is 3.07. The molecule has 0 aliphatic rings. The van der Waals surface area contributed by atoms with Crippen LogP contribution in [0.5, 0.6) is 5.75 Å². The largest absolute Gasteiger partial charge is 0.494 e. The molecule has 5 nitrogen and oxygen atoms in total. The lowest BCUT2D eigenvalue weighted by Gasteiger charge is -2.18. The van der Waals surface area contributed by atoms with E-state index in [1.54, 1.807) is 31.1 Å². The number of ether oxygens (including phenoxy) is 1. The zero-order valence-electron chi connectivity index (χ0n) is 15.6. The molecule has 138 valence electrons. The predicted molar refractivity (Wildman–Crippen MR) is 102 cm³/mol. The summed E-state index contributed by atoms with van der Waals surface area (Å²) in [6, 6.07) is 15.1. The minimum atomic E-state index is -0.117. The Kier molecular flexibility index (Phi) is 7.21. The molecule has 0 aliphatic carbocycles. The second-order valence-corrected chi connectivity index (χ2v) is 6.07. The van der Waals surface area contributed by atoms with Crippen molar-refractivity contribution in [2.75, 3.05) is 20.7 Å². The van der Waals surface area contributed by atoms with Crippen LogP contribution in [0.2, 0.25) is 0 Å². The average Bonchev–Trinajstić information content (AvgIpc) is 2.67. The number of hydrogen-bond acceptors (Lipinski definition) is 3. The number of amides is 2. The molecule has 1 N–H and O–H groups in total. The lowest BCUT2D eigenvalue weighted by molar-refractivity contribution is -0.130. The zero-order valence-corrected chi connectivity index (χ0v) is 15.6. The van der Waals surface area contributed by atoms with Gasteiger partial charge in [0.1, 0.15) is 5.75 Å². The van der Waals surface area contributed by atoms with Gasteiger partial charge in [-0.25, -0.2) is 0 Å². The molecule has 0 fully saturated rings. The first-order valence-electron chi connectivity index (χ1n) is 8.80. The second kappa shape index (κ2) is 9.61. The minimum absolute atomic E-state index is 0.0756. The first-order chi connectivity index (χ1) is 12.5. The van der Waals surface area contributed by atoms with Crippen LogP contribution in [0.3, 0.4) is 0 Å². The van der Waals surface area contributed by atoms with Crippen LogP contribution in [0.4, 0.5) is 0 Å². The van der Waals surface area contributed by atoms with Crippen LogP contribution >= 0.6 is 0 Å². The van der Waals surface area contributed by atoms with E-state index in [-0.39, 0.29) is 11.8 Å². The summed E-state index contributed by atoms with van der Waals surface area (Å²) in [5.41, 5.74) is 2.65. The Morgan fingerprint density at radius 2 is 1.77 bits per heavy atom. The van der Waals surface area contributed by atoms with Crippen molar-refractivity contribution in [1.82, 2.24) is 10.2 Å². The molecule has 0 bridgehead atoms. The van der Waals surface area contributed by atoms with Gasteiger partial charge < -0.3 is 15.0 Å². The Bertz CT molecular complexity index is 741. The van der Waals surface area contributed by atoms with Gasteiger partial charge in [0, 0.05) is 32.6 Å². The third kappa shape index (κ3) is 5.34. The molecule has 0 aliphatic heterocycles. The van der Waals surface area contributed by atoms with E-state index < -0.39 is 0 Å². The highest BCUT2D eigenvalue weighted by molar-refractivity contribution is 5.93. The van der Waals surface area contributed by atoms with Gasteiger partial charge in [-0.1, -0.05) is 30.3 Å². The van der Waals surface area contributed by atoms with E-state index in [1.807, 2.05) is 43.3 Å². The number of carbonyl (C=O) groups excluding carboxylic acids is 2. The predicted octanol–water partition coefficient (Wildman–Crippen LogP) is 3.04. The van der Waals surface area contributed by atoms with E-state index in [9.17, 15) is 9.59 Å². The molecule has 0 spiro atoms. The van der Waals surface area contributed by atoms with Crippen molar-refractivity contribution in [2.45, 2.75) is 26.3 Å². The zero-order chi connectivity index (χ0) is 18.9. The maximum atomic E-state index is 12.4. The molecule has 0 saturated carbocycles. The molecule has 0 unspecified atom stereocenters. The Morgan fingerprint density at radius 3 is 2.42 bits per heavy atom. The van der Waals surface area contributed by atoms with E-state index in [0.29, 0.717) is 31.6 Å². The van der Waals surface area contributed by atoms with Gasteiger partial charge in [0.05, 0.1) is 6.61 Å². The van der Waals surface area contributed by atoms with Crippen LogP contribution in [0, 0.1) is 0 Å². The summed E-state index contributed by atoms with van der Waals surface area (Å²) < 4.78 is 5.61. The normalized spacial score (nSPS) is 10.3. The molecular formula is C21H26N2O3. The topological polar surface area (TPSA) is 58.6 Å². The van der Waals surface area contributed by atoms with Gasteiger partial charge in [-0.05, 0) is 42.7 Å². The summed E-state index contributed by atoms with van der Waals surface area (Å²) in [4.78, 5) is 25.7. The smallest absolute Gasteiger partial charge is 0.251 e. The number of hydrogen-bond donors (Lipinski definition) is 1. The molecule has 2 aromatic rings. The van der Waals surface area contributed by atoms with Gasteiger partial charge in [-0.15, -0.1) is 0 Å². The van der Waals surface area contributed by atoms with E-state index in [4.69, 9.17) is 4.74 Å². The monoisotopic (exact) mass is 354 g/mol. The van der Waals surface area contributed by atoms with Crippen molar-refractivity contribution >= 4 is 11.8 Å². The summed E-state index contributed by atoms with van der Waals surface area (Å²) in [6.07, 6.45) is 1.08. The van der Waals surface area contributed by atoms with Crippen LogP contribution in [0.15, 0.2) is 48.5 Å². The minimum Gasteiger partial charge on any atom is -0.494 e. The van der Waals surface area contributed by atoms with Crippen molar-refractivity contribution < 1.29 is 14.3 Å². The third-order valence-corrected chi connectivity index (χ3v) is 4.17. The third-order valence-electron chi connectivity index (χ3n) is 4.17. The van der Waals surface area contributed by atoms with Gasteiger partial charge in [0.2, 0.25) is 5.91 Å². The standard InChI is InChI=1S/C21H26N2O3/c1-4-26-19-8-6-5-7-17(19)13-14-20(24)23(3)15-16-9-11-18(12-10-16)21(25)22-2/h5-12H,4,13-15H2,1-3H3,(H,22,25). The van der Waals surface area contributed by atoms with Crippen LogP contribution in [-0.2, 0) is 17.8 Å². The van der Waals surface area contributed by atoms with E-state index >= 15 is 0 Å². The Hall–Kier alpha value is -2.82.